The molecule has 0 N–H and O–H groups in total. The van der Waals surface area contributed by atoms with Gasteiger partial charge in [-0.15, -0.1) is 0 Å². The number of fused-ring (bicyclic) bond motifs is 4. The fourth-order valence-electron chi connectivity index (χ4n) is 6.29. The second-order valence-corrected chi connectivity index (χ2v) is 10.5. The molecule has 4 heterocycles. The number of likely N-dealkylation sites (tertiary alicyclic amines) is 2. The van der Waals surface area contributed by atoms with Crippen LogP contribution in [0.5, 0.6) is 0 Å². The molecule has 2 fully saturated rings. The summed E-state index contributed by atoms with van der Waals surface area (Å²) in [5, 5.41) is 0. The van der Waals surface area contributed by atoms with Gasteiger partial charge in [0.1, 0.15) is 0 Å². The van der Waals surface area contributed by atoms with Crippen molar-refractivity contribution >= 4 is 5.91 Å². The molecule has 2 bridgehead atoms. The molecule has 0 spiro atoms. The number of carbonyl (C=O) groups excluding carboxylic acids is 1. The van der Waals surface area contributed by atoms with Gasteiger partial charge in [-0.3, -0.25) is 14.5 Å². The number of pyridine rings is 1. The molecule has 0 unspecified atom stereocenters. The molecule has 0 radical (unpaired) electrons. The first-order chi connectivity index (χ1) is 15.9. The van der Waals surface area contributed by atoms with E-state index < -0.39 is 0 Å². The summed E-state index contributed by atoms with van der Waals surface area (Å²) in [7, 11) is 4.13. The number of nitrogens with zero attached hydrogens (tertiary/aromatic N) is 4. The maximum atomic E-state index is 13.7. The Labute approximate surface area is 196 Å². The van der Waals surface area contributed by atoms with Gasteiger partial charge in [0.2, 0.25) is 5.91 Å². The zero-order valence-electron chi connectivity index (χ0n) is 20.2. The van der Waals surface area contributed by atoms with Gasteiger partial charge in [0.25, 0.3) is 5.56 Å². The third-order valence-electron chi connectivity index (χ3n) is 7.85. The molecule has 0 aliphatic carbocycles. The highest BCUT2D eigenvalue weighted by molar-refractivity contribution is 5.73. The molecule has 6 heteroatoms. The van der Waals surface area contributed by atoms with E-state index in [4.69, 9.17) is 0 Å². The van der Waals surface area contributed by atoms with Crippen molar-refractivity contribution in [2.45, 2.75) is 51.2 Å². The number of aromatic nitrogens is 1. The highest BCUT2D eigenvalue weighted by Crippen LogP contribution is 2.38. The predicted octanol–water partition coefficient (Wildman–Crippen LogP) is 3.01. The van der Waals surface area contributed by atoms with E-state index in [-0.39, 0.29) is 11.5 Å². The van der Waals surface area contributed by atoms with Crippen LogP contribution in [-0.2, 0) is 17.9 Å². The van der Waals surface area contributed by atoms with E-state index in [2.05, 4.69) is 58.8 Å². The minimum absolute atomic E-state index is 0.164. The summed E-state index contributed by atoms with van der Waals surface area (Å²) in [5.41, 5.74) is 4.44. The van der Waals surface area contributed by atoms with Gasteiger partial charge in [-0.05, 0) is 62.5 Å². The van der Waals surface area contributed by atoms with Crippen molar-refractivity contribution in [2.24, 2.45) is 5.92 Å². The summed E-state index contributed by atoms with van der Waals surface area (Å²) in [6, 6.07) is 13.1. The molecule has 1 aromatic heterocycles. The molecule has 3 aliphatic rings. The zero-order chi connectivity index (χ0) is 23.1. The number of carbonyl (C=O) groups is 1. The van der Waals surface area contributed by atoms with Crippen LogP contribution in [0.3, 0.4) is 0 Å². The van der Waals surface area contributed by atoms with Crippen LogP contribution < -0.4 is 5.56 Å². The van der Waals surface area contributed by atoms with Crippen LogP contribution in [0.2, 0.25) is 0 Å². The standard InChI is InChI=1S/C27H36N4O2/c1-19(32)29-12-10-23(11-13-29)30-15-20-14-22(18-30)26-9-8-25(27(33)31(26)16-20)24-7-5-4-6-21(24)17-28(2)3/h4-9,20,22-23H,10-18H2,1-3H3/t20-,22-/m1/s1. The van der Waals surface area contributed by atoms with Gasteiger partial charge in [0.05, 0.1) is 0 Å². The number of piperidine rings is 2. The van der Waals surface area contributed by atoms with Crippen LogP contribution >= 0.6 is 0 Å². The van der Waals surface area contributed by atoms with Crippen molar-refractivity contribution in [1.29, 1.82) is 0 Å². The molecule has 0 saturated carbocycles. The predicted molar refractivity (Wildman–Crippen MR) is 131 cm³/mol. The Morgan fingerprint density at radius 2 is 1.76 bits per heavy atom. The second-order valence-electron chi connectivity index (χ2n) is 10.5. The molecule has 2 saturated heterocycles. The molecule has 6 nitrogen and oxygen atoms in total. The third-order valence-corrected chi connectivity index (χ3v) is 7.85. The first kappa shape index (κ1) is 22.4. The zero-order valence-corrected chi connectivity index (χ0v) is 20.2. The summed E-state index contributed by atoms with van der Waals surface area (Å²) >= 11 is 0. The van der Waals surface area contributed by atoms with E-state index in [1.807, 2.05) is 11.0 Å². The number of benzene rings is 1. The minimum Gasteiger partial charge on any atom is -0.343 e. The van der Waals surface area contributed by atoms with E-state index in [9.17, 15) is 9.59 Å². The fourth-order valence-corrected chi connectivity index (χ4v) is 6.29. The maximum Gasteiger partial charge on any atom is 0.258 e. The SMILES string of the molecule is CC(=O)N1CCC(N2C[C@H]3C[C@H](C2)c2ccc(-c4ccccc4CN(C)C)c(=O)n2C3)CC1. The lowest BCUT2D eigenvalue weighted by Gasteiger charge is -2.47. The Balaban J connectivity index is 1.39. The largest absolute Gasteiger partial charge is 0.343 e. The quantitative estimate of drug-likeness (QED) is 0.722. The molecule has 3 aliphatic heterocycles. The highest BCUT2D eigenvalue weighted by Gasteiger charge is 2.38. The summed E-state index contributed by atoms with van der Waals surface area (Å²) in [4.78, 5) is 32.1. The van der Waals surface area contributed by atoms with Crippen molar-refractivity contribution < 1.29 is 4.79 Å². The van der Waals surface area contributed by atoms with Crippen molar-refractivity contribution in [2.75, 3.05) is 40.3 Å². The van der Waals surface area contributed by atoms with Crippen LogP contribution in [0.1, 0.15) is 43.4 Å². The fraction of sp³-hybridized carbons (Fsp3) is 0.556. The van der Waals surface area contributed by atoms with E-state index >= 15 is 0 Å². The number of hydrogen-bond donors (Lipinski definition) is 0. The van der Waals surface area contributed by atoms with Crippen molar-refractivity contribution in [3.8, 4) is 11.1 Å². The topological polar surface area (TPSA) is 48.8 Å². The molecule has 33 heavy (non-hydrogen) atoms. The van der Waals surface area contributed by atoms with Gasteiger partial charge < -0.3 is 14.4 Å². The van der Waals surface area contributed by atoms with E-state index in [0.29, 0.717) is 17.9 Å². The normalized spacial score (nSPS) is 23.6. The summed E-state index contributed by atoms with van der Waals surface area (Å²) in [5.74, 6) is 1.13. The van der Waals surface area contributed by atoms with Crippen molar-refractivity contribution in [3.05, 3.63) is 58.0 Å². The number of amides is 1. The van der Waals surface area contributed by atoms with Crippen LogP contribution in [0.15, 0.2) is 41.2 Å². The molecular formula is C27H36N4O2. The van der Waals surface area contributed by atoms with E-state index in [0.717, 1.165) is 63.2 Å². The van der Waals surface area contributed by atoms with Gasteiger partial charge in [-0.2, -0.15) is 0 Å². The molecule has 1 aromatic carbocycles. The first-order valence-corrected chi connectivity index (χ1v) is 12.4. The molecule has 176 valence electrons. The average molecular weight is 449 g/mol. The second kappa shape index (κ2) is 9.07. The summed E-state index contributed by atoms with van der Waals surface area (Å²) in [6.07, 6.45) is 3.31. The lowest BCUT2D eigenvalue weighted by atomic mass is 9.81. The van der Waals surface area contributed by atoms with E-state index in [1.54, 1.807) is 6.92 Å². The Bertz CT molecular complexity index is 1080. The molecule has 5 rings (SSSR count). The first-order valence-electron chi connectivity index (χ1n) is 12.4. The van der Waals surface area contributed by atoms with Crippen molar-refractivity contribution in [3.63, 3.8) is 0 Å². The Hall–Kier alpha value is -2.44. The van der Waals surface area contributed by atoms with Crippen LogP contribution in [0, 0.1) is 5.92 Å². The highest BCUT2D eigenvalue weighted by atomic mass is 16.2. The molecule has 1 amide bonds. The molecule has 2 atom stereocenters. The van der Waals surface area contributed by atoms with Crippen LogP contribution in [0.4, 0.5) is 0 Å². The lowest BCUT2D eigenvalue weighted by Crippen LogP contribution is -2.53. The maximum absolute atomic E-state index is 13.7. The average Bonchev–Trinajstić information content (AvgIpc) is 2.80. The lowest BCUT2D eigenvalue weighted by molar-refractivity contribution is -0.130. The number of hydrogen-bond acceptors (Lipinski definition) is 4. The summed E-state index contributed by atoms with van der Waals surface area (Å²) in [6.45, 7) is 7.14. The summed E-state index contributed by atoms with van der Waals surface area (Å²) < 4.78 is 2.08. The Morgan fingerprint density at radius 1 is 1.00 bits per heavy atom. The Kier molecular flexibility index (Phi) is 6.14. The van der Waals surface area contributed by atoms with Gasteiger partial charge >= 0.3 is 0 Å². The molecule has 2 aromatic rings. The smallest absolute Gasteiger partial charge is 0.258 e. The van der Waals surface area contributed by atoms with E-state index in [1.165, 1.54) is 17.7 Å². The van der Waals surface area contributed by atoms with Crippen molar-refractivity contribution in [1.82, 2.24) is 19.3 Å². The minimum atomic E-state index is 0.164. The molecular weight excluding hydrogens is 412 g/mol. The van der Waals surface area contributed by atoms with Gasteiger partial charge in [-0.25, -0.2) is 0 Å². The third kappa shape index (κ3) is 4.38. The number of rotatable bonds is 4. The monoisotopic (exact) mass is 448 g/mol. The van der Waals surface area contributed by atoms with Gasteiger partial charge in [-0.1, -0.05) is 24.3 Å². The van der Waals surface area contributed by atoms with Crippen LogP contribution in [-0.4, -0.2) is 71.5 Å². The van der Waals surface area contributed by atoms with Crippen LogP contribution in [0.25, 0.3) is 11.1 Å². The Morgan fingerprint density at radius 3 is 2.48 bits per heavy atom. The van der Waals surface area contributed by atoms with Gasteiger partial charge in [0, 0.05) is 69.4 Å². The van der Waals surface area contributed by atoms with Gasteiger partial charge in [0.15, 0.2) is 0 Å².